The van der Waals surface area contributed by atoms with Gasteiger partial charge in [-0.3, -0.25) is 4.79 Å². The van der Waals surface area contributed by atoms with E-state index in [4.69, 9.17) is 14.2 Å². The van der Waals surface area contributed by atoms with Crippen molar-refractivity contribution in [2.45, 2.75) is 12.8 Å². The van der Waals surface area contributed by atoms with Gasteiger partial charge in [-0.05, 0) is 42.3 Å². The number of ketones is 1. The predicted molar refractivity (Wildman–Crippen MR) is 83.3 cm³/mol. The number of ether oxygens (including phenoxy) is 3. The van der Waals surface area contributed by atoms with Crippen LogP contribution in [-0.4, -0.2) is 26.6 Å². The zero-order chi connectivity index (χ0) is 15.7. The minimum Gasteiger partial charge on any atom is -0.497 e. The maximum atomic E-state index is 12.9. The molecule has 0 saturated heterocycles. The van der Waals surface area contributed by atoms with Crippen molar-refractivity contribution in [3.8, 4) is 17.2 Å². The van der Waals surface area contributed by atoms with E-state index in [1.807, 2.05) is 43.3 Å². The van der Waals surface area contributed by atoms with Gasteiger partial charge < -0.3 is 14.2 Å². The molecule has 0 aliphatic carbocycles. The van der Waals surface area contributed by atoms with Crippen LogP contribution in [-0.2, 0) is 0 Å². The first-order valence-electron chi connectivity index (χ1n) is 7.13. The molecule has 114 valence electrons. The Balaban J connectivity index is 2.00. The number of Topliss-reactive ketones (excluding diaryl/α,β-unsaturated/α-hetero) is 1. The highest BCUT2D eigenvalue weighted by molar-refractivity contribution is 6.06. The highest BCUT2D eigenvalue weighted by Gasteiger charge is 2.33. The van der Waals surface area contributed by atoms with E-state index in [0.29, 0.717) is 23.7 Å². The number of benzene rings is 2. The van der Waals surface area contributed by atoms with E-state index in [-0.39, 0.29) is 11.7 Å². The molecule has 0 amide bonds. The van der Waals surface area contributed by atoms with Crippen LogP contribution in [0.25, 0.3) is 0 Å². The Morgan fingerprint density at radius 3 is 2.45 bits per heavy atom. The number of carbonyl (C=O) groups is 1. The smallest absolute Gasteiger partial charge is 0.181 e. The van der Waals surface area contributed by atoms with Crippen LogP contribution in [0.3, 0.4) is 0 Å². The number of hydrogen-bond acceptors (Lipinski definition) is 4. The third kappa shape index (κ3) is 2.41. The largest absolute Gasteiger partial charge is 0.497 e. The lowest BCUT2D eigenvalue weighted by Crippen LogP contribution is -2.26. The summed E-state index contributed by atoms with van der Waals surface area (Å²) < 4.78 is 16.3. The van der Waals surface area contributed by atoms with Crippen LogP contribution in [0.5, 0.6) is 17.2 Å². The first-order valence-corrected chi connectivity index (χ1v) is 7.13. The molecule has 2 aromatic carbocycles. The second-order valence-electron chi connectivity index (χ2n) is 5.34. The van der Waals surface area contributed by atoms with E-state index < -0.39 is 0 Å². The molecule has 0 bridgehead atoms. The van der Waals surface area contributed by atoms with Crippen LogP contribution in [0.15, 0.2) is 36.4 Å². The molecule has 0 aromatic heterocycles. The zero-order valence-electron chi connectivity index (χ0n) is 12.9. The maximum Gasteiger partial charge on any atom is 0.181 e. The van der Waals surface area contributed by atoms with Crippen LogP contribution in [0.1, 0.15) is 27.4 Å². The standard InChI is InChI=1S/C18H18O4/c1-11-8-15(21-3)17-16(9-11)22-10-14(18(17)19)12-4-6-13(20-2)7-5-12/h4-9,14H,10H2,1-3H3. The molecule has 1 unspecified atom stereocenters. The summed E-state index contributed by atoms with van der Waals surface area (Å²) >= 11 is 0. The first kappa shape index (κ1) is 14.4. The third-order valence-corrected chi connectivity index (χ3v) is 3.92. The SMILES string of the molecule is COc1ccc(C2COc3cc(C)cc(OC)c3C2=O)cc1. The lowest BCUT2D eigenvalue weighted by atomic mass is 9.88. The summed E-state index contributed by atoms with van der Waals surface area (Å²) in [5.41, 5.74) is 2.45. The number of fused-ring (bicyclic) bond motifs is 1. The van der Waals surface area contributed by atoms with Gasteiger partial charge in [-0.1, -0.05) is 12.1 Å². The lowest BCUT2D eigenvalue weighted by Gasteiger charge is -2.26. The van der Waals surface area contributed by atoms with E-state index in [9.17, 15) is 4.79 Å². The Kier molecular flexibility index (Phi) is 3.75. The third-order valence-electron chi connectivity index (χ3n) is 3.92. The van der Waals surface area contributed by atoms with Gasteiger partial charge >= 0.3 is 0 Å². The fourth-order valence-electron chi connectivity index (χ4n) is 2.75. The Hall–Kier alpha value is -2.49. The highest BCUT2D eigenvalue weighted by Crippen LogP contribution is 2.39. The van der Waals surface area contributed by atoms with E-state index in [1.165, 1.54) is 0 Å². The summed E-state index contributed by atoms with van der Waals surface area (Å²) in [6, 6.07) is 11.2. The molecule has 1 heterocycles. The van der Waals surface area contributed by atoms with E-state index >= 15 is 0 Å². The van der Waals surface area contributed by atoms with Gasteiger partial charge in [-0.25, -0.2) is 0 Å². The number of methoxy groups -OCH3 is 2. The van der Waals surface area contributed by atoms with Gasteiger partial charge in [0.2, 0.25) is 0 Å². The van der Waals surface area contributed by atoms with Crippen LogP contribution in [0.2, 0.25) is 0 Å². The zero-order valence-corrected chi connectivity index (χ0v) is 12.9. The summed E-state index contributed by atoms with van der Waals surface area (Å²) in [4.78, 5) is 12.9. The molecule has 4 nitrogen and oxygen atoms in total. The minimum atomic E-state index is -0.324. The summed E-state index contributed by atoms with van der Waals surface area (Å²) in [5, 5.41) is 0. The van der Waals surface area contributed by atoms with Gasteiger partial charge in [0.1, 0.15) is 29.4 Å². The van der Waals surface area contributed by atoms with Crippen molar-refractivity contribution >= 4 is 5.78 Å². The lowest BCUT2D eigenvalue weighted by molar-refractivity contribution is 0.0892. The van der Waals surface area contributed by atoms with Gasteiger partial charge in [0.15, 0.2) is 5.78 Å². The van der Waals surface area contributed by atoms with Crippen molar-refractivity contribution in [2.75, 3.05) is 20.8 Å². The summed E-state index contributed by atoms with van der Waals surface area (Å²) in [6.45, 7) is 2.29. The predicted octanol–water partition coefficient (Wildman–Crippen LogP) is 3.37. The normalized spacial score (nSPS) is 16.7. The molecule has 1 atom stereocenters. The molecule has 3 rings (SSSR count). The van der Waals surface area contributed by atoms with Crippen molar-refractivity contribution in [1.82, 2.24) is 0 Å². The van der Waals surface area contributed by atoms with E-state index in [0.717, 1.165) is 16.9 Å². The maximum absolute atomic E-state index is 12.9. The molecule has 0 N–H and O–H groups in total. The first-order chi connectivity index (χ1) is 10.6. The number of aryl methyl sites for hydroxylation is 1. The molecule has 4 heteroatoms. The van der Waals surface area contributed by atoms with Crippen molar-refractivity contribution < 1.29 is 19.0 Å². The fourth-order valence-corrected chi connectivity index (χ4v) is 2.75. The van der Waals surface area contributed by atoms with Crippen molar-refractivity contribution in [3.63, 3.8) is 0 Å². The number of rotatable bonds is 3. The van der Waals surface area contributed by atoms with Crippen molar-refractivity contribution in [2.24, 2.45) is 0 Å². The van der Waals surface area contributed by atoms with E-state index in [1.54, 1.807) is 14.2 Å². The summed E-state index contributed by atoms with van der Waals surface area (Å²) in [7, 11) is 3.19. The fraction of sp³-hybridized carbons (Fsp3) is 0.278. The molecular formula is C18H18O4. The van der Waals surface area contributed by atoms with Crippen LogP contribution >= 0.6 is 0 Å². The monoisotopic (exact) mass is 298 g/mol. The molecule has 22 heavy (non-hydrogen) atoms. The van der Waals surface area contributed by atoms with Crippen LogP contribution in [0, 0.1) is 6.92 Å². The summed E-state index contributed by atoms with van der Waals surface area (Å²) in [6.07, 6.45) is 0. The minimum absolute atomic E-state index is 0.0308. The van der Waals surface area contributed by atoms with Gasteiger partial charge in [0.25, 0.3) is 0 Å². The van der Waals surface area contributed by atoms with Crippen LogP contribution in [0.4, 0.5) is 0 Å². The average Bonchev–Trinajstić information content (AvgIpc) is 2.54. The second kappa shape index (κ2) is 5.72. The molecule has 0 saturated carbocycles. The molecular weight excluding hydrogens is 280 g/mol. The van der Waals surface area contributed by atoms with Gasteiger partial charge in [0.05, 0.1) is 20.1 Å². The van der Waals surface area contributed by atoms with Crippen LogP contribution < -0.4 is 14.2 Å². The second-order valence-corrected chi connectivity index (χ2v) is 5.34. The Labute approximate surface area is 129 Å². The highest BCUT2D eigenvalue weighted by atomic mass is 16.5. The topological polar surface area (TPSA) is 44.8 Å². The number of hydrogen-bond donors (Lipinski definition) is 0. The van der Waals surface area contributed by atoms with Gasteiger partial charge in [-0.15, -0.1) is 0 Å². The summed E-state index contributed by atoms with van der Waals surface area (Å²) in [5.74, 6) is 1.64. The Morgan fingerprint density at radius 2 is 1.82 bits per heavy atom. The molecule has 1 aliphatic heterocycles. The van der Waals surface area contributed by atoms with E-state index in [2.05, 4.69) is 0 Å². The molecule has 0 spiro atoms. The van der Waals surface area contributed by atoms with Gasteiger partial charge in [-0.2, -0.15) is 0 Å². The van der Waals surface area contributed by atoms with Crippen molar-refractivity contribution in [1.29, 1.82) is 0 Å². The molecule has 1 aliphatic rings. The Bertz CT molecular complexity index is 687. The quantitative estimate of drug-likeness (QED) is 0.871. The van der Waals surface area contributed by atoms with Crippen molar-refractivity contribution in [3.05, 3.63) is 53.1 Å². The molecule has 0 fully saturated rings. The van der Waals surface area contributed by atoms with Gasteiger partial charge in [0, 0.05) is 0 Å². The molecule has 0 radical (unpaired) electrons. The molecule has 2 aromatic rings. The number of carbonyl (C=O) groups excluding carboxylic acids is 1. The average molecular weight is 298 g/mol. The Morgan fingerprint density at radius 1 is 1.09 bits per heavy atom.